The van der Waals surface area contributed by atoms with Crippen molar-refractivity contribution >= 4 is 5.97 Å². The maximum Gasteiger partial charge on any atom is 0.309 e. The lowest BCUT2D eigenvalue weighted by molar-refractivity contribution is -0.345. The third-order valence-corrected chi connectivity index (χ3v) is 11.8. The molecule has 0 aromatic rings. The van der Waals surface area contributed by atoms with E-state index in [1.165, 1.54) is 0 Å². The van der Waals surface area contributed by atoms with E-state index in [0.29, 0.717) is 64.2 Å². The lowest BCUT2D eigenvalue weighted by Crippen LogP contribution is -2.77. The summed E-state index contributed by atoms with van der Waals surface area (Å²) in [6.07, 6.45) is 8.42. The fourth-order valence-corrected chi connectivity index (χ4v) is 9.61. The molecular weight excluding hydrogens is 440 g/mol. The van der Waals surface area contributed by atoms with E-state index < -0.39 is 38.6 Å². The maximum atomic E-state index is 13.3. The zero-order chi connectivity index (χ0) is 26.6. The summed E-state index contributed by atoms with van der Waals surface area (Å²) in [5, 5.41) is 36.7. The van der Waals surface area contributed by atoms with Crippen LogP contribution in [0.5, 0.6) is 0 Å². The van der Waals surface area contributed by atoms with E-state index in [0.717, 1.165) is 19.3 Å². The number of carbonyl (C=O) groups is 1. The Balaban J connectivity index is 2.34. The Morgan fingerprint density at radius 2 is 0.943 bits per heavy atom. The van der Waals surface area contributed by atoms with Crippen LogP contribution < -0.4 is 0 Å². The SMILES string of the molecule is CCC(C)C(=O)OC12CC3(C(O)(CC)CC)CC(C(O)(CC)CC)(C1)CC(C(O)(CC)CC)(C2)C3. The summed E-state index contributed by atoms with van der Waals surface area (Å²) < 4.78 is 6.56. The van der Waals surface area contributed by atoms with Gasteiger partial charge >= 0.3 is 5.97 Å². The number of esters is 1. The quantitative estimate of drug-likeness (QED) is 0.277. The number of aliphatic hydroxyl groups is 3. The summed E-state index contributed by atoms with van der Waals surface area (Å²) in [6, 6.07) is 0. The van der Waals surface area contributed by atoms with Crippen molar-refractivity contribution in [3.63, 3.8) is 0 Å². The van der Waals surface area contributed by atoms with Crippen molar-refractivity contribution in [3.8, 4) is 0 Å². The first kappa shape index (κ1) is 28.9. The first-order valence-corrected chi connectivity index (χ1v) is 14.6. The van der Waals surface area contributed by atoms with Gasteiger partial charge in [0, 0.05) is 16.2 Å². The van der Waals surface area contributed by atoms with Crippen molar-refractivity contribution in [1.82, 2.24) is 0 Å². The molecule has 0 radical (unpaired) electrons. The fourth-order valence-electron chi connectivity index (χ4n) is 9.61. The minimum absolute atomic E-state index is 0.181. The summed E-state index contributed by atoms with van der Waals surface area (Å²) in [6.45, 7) is 16.2. The number of hydrogen-bond donors (Lipinski definition) is 3. The third-order valence-electron chi connectivity index (χ3n) is 11.8. The van der Waals surface area contributed by atoms with E-state index in [9.17, 15) is 20.1 Å². The second-order valence-corrected chi connectivity index (χ2v) is 13.0. The second-order valence-electron chi connectivity index (χ2n) is 13.0. The Morgan fingerprint density at radius 3 is 1.17 bits per heavy atom. The van der Waals surface area contributed by atoms with E-state index in [4.69, 9.17) is 4.74 Å². The molecule has 0 aromatic carbocycles. The summed E-state index contributed by atoms with van der Waals surface area (Å²) in [7, 11) is 0. The van der Waals surface area contributed by atoms with Gasteiger partial charge in [0.25, 0.3) is 0 Å². The topological polar surface area (TPSA) is 87.0 Å². The Hall–Kier alpha value is -0.650. The first-order valence-electron chi connectivity index (χ1n) is 14.6. The molecule has 3 N–H and O–H groups in total. The Kier molecular flexibility index (Phi) is 7.66. The minimum Gasteiger partial charge on any atom is -0.459 e. The average molecular weight is 495 g/mol. The highest BCUT2D eigenvalue weighted by molar-refractivity contribution is 5.72. The third kappa shape index (κ3) is 3.93. The van der Waals surface area contributed by atoms with Crippen LogP contribution in [0.15, 0.2) is 0 Å². The van der Waals surface area contributed by atoms with E-state index in [1.54, 1.807) is 0 Å². The Labute approximate surface area is 214 Å². The molecule has 5 heteroatoms. The molecule has 0 saturated heterocycles. The van der Waals surface area contributed by atoms with E-state index in [1.807, 2.05) is 13.8 Å². The van der Waals surface area contributed by atoms with Gasteiger partial charge < -0.3 is 20.1 Å². The molecule has 4 rings (SSSR count). The van der Waals surface area contributed by atoms with Crippen molar-refractivity contribution in [2.75, 3.05) is 0 Å². The van der Waals surface area contributed by atoms with Gasteiger partial charge in [0.15, 0.2) is 0 Å². The Bertz CT molecular complexity index is 684. The van der Waals surface area contributed by atoms with Gasteiger partial charge in [0.2, 0.25) is 0 Å². The van der Waals surface area contributed by atoms with Gasteiger partial charge in [-0.25, -0.2) is 0 Å². The van der Waals surface area contributed by atoms with Gasteiger partial charge in [-0.2, -0.15) is 0 Å². The van der Waals surface area contributed by atoms with Gasteiger partial charge in [-0.15, -0.1) is 0 Å². The van der Waals surface area contributed by atoms with Crippen molar-refractivity contribution in [1.29, 1.82) is 0 Å². The molecule has 4 bridgehead atoms. The first-order chi connectivity index (χ1) is 16.2. The zero-order valence-corrected chi connectivity index (χ0v) is 23.9. The maximum absolute atomic E-state index is 13.3. The molecule has 4 aliphatic rings. The predicted molar refractivity (Wildman–Crippen MR) is 140 cm³/mol. The standard InChI is InChI=1S/C30H54O5/c1-9-22(8)23(31)35-27-19-24(28(32,10-2)11-3)16-25(20-27,29(33,12-4)13-5)18-26(17-24,21-27)30(34,14-6)15-7/h22,32-34H,9-21H2,1-8H3. The monoisotopic (exact) mass is 494 g/mol. The number of rotatable bonds is 12. The molecule has 4 aliphatic carbocycles. The summed E-state index contributed by atoms with van der Waals surface area (Å²) in [5.41, 5.74) is -5.15. The van der Waals surface area contributed by atoms with Crippen LogP contribution in [0.25, 0.3) is 0 Å². The number of ether oxygens (including phenoxy) is 1. The van der Waals surface area contributed by atoms with Crippen LogP contribution in [0, 0.1) is 22.2 Å². The van der Waals surface area contributed by atoms with Gasteiger partial charge in [0.05, 0.1) is 22.7 Å². The zero-order valence-electron chi connectivity index (χ0n) is 23.9. The molecule has 0 spiro atoms. The van der Waals surface area contributed by atoms with Gasteiger partial charge in [0.1, 0.15) is 5.60 Å². The van der Waals surface area contributed by atoms with Gasteiger partial charge in [-0.05, 0) is 83.5 Å². The molecule has 0 aliphatic heterocycles. The lowest BCUT2D eigenvalue weighted by Gasteiger charge is -2.77. The van der Waals surface area contributed by atoms with Crippen LogP contribution in [0.2, 0.25) is 0 Å². The largest absolute Gasteiger partial charge is 0.459 e. The van der Waals surface area contributed by atoms with Crippen LogP contribution in [0.4, 0.5) is 0 Å². The van der Waals surface area contributed by atoms with Crippen molar-refractivity contribution in [2.24, 2.45) is 22.2 Å². The van der Waals surface area contributed by atoms with E-state index in [2.05, 4.69) is 41.5 Å². The van der Waals surface area contributed by atoms with Crippen molar-refractivity contribution in [3.05, 3.63) is 0 Å². The van der Waals surface area contributed by atoms with Crippen molar-refractivity contribution in [2.45, 2.75) is 161 Å². The average Bonchev–Trinajstić information content (AvgIpc) is 2.84. The minimum atomic E-state index is -0.941. The predicted octanol–water partition coefficient (Wildman–Crippen LogP) is 6.31. The molecule has 204 valence electrons. The van der Waals surface area contributed by atoms with Crippen LogP contribution in [0.3, 0.4) is 0 Å². The molecule has 0 aromatic heterocycles. The van der Waals surface area contributed by atoms with Gasteiger partial charge in [-0.1, -0.05) is 55.4 Å². The lowest BCUT2D eigenvalue weighted by atomic mass is 9.30. The van der Waals surface area contributed by atoms with E-state index in [-0.39, 0.29) is 11.9 Å². The molecular formula is C30H54O5. The fraction of sp³-hybridized carbons (Fsp3) is 0.967. The summed E-state index contributed by atoms with van der Waals surface area (Å²) >= 11 is 0. The van der Waals surface area contributed by atoms with Crippen LogP contribution in [-0.4, -0.2) is 43.7 Å². The molecule has 4 saturated carbocycles. The van der Waals surface area contributed by atoms with Crippen LogP contribution >= 0.6 is 0 Å². The van der Waals surface area contributed by atoms with E-state index >= 15 is 0 Å². The van der Waals surface area contributed by atoms with Crippen LogP contribution in [-0.2, 0) is 9.53 Å². The molecule has 0 amide bonds. The molecule has 1 unspecified atom stereocenters. The smallest absolute Gasteiger partial charge is 0.309 e. The van der Waals surface area contributed by atoms with Crippen molar-refractivity contribution < 1.29 is 24.9 Å². The molecule has 5 nitrogen and oxygen atoms in total. The summed E-state index contributed by atoms with van der Waals surface area (Å²) in [5.74, 6) is -0.380. The highest BCUT2D eigenvalue weighted by Crippen LogP contribution is 2.79. The number of carbonyl (C=O) groups excluding carboxylic acids is 1. The molecule has 1 atom stereocenters. The highest BCUT2D eigenvalue weighted by atomic mass is 16.6. The molecule has 4 fully saturated rings. The second kappa shape index (κ2) is 9.27. The molecule has 0 heterocycles. The Morgan fingerprint density at radius 1 is 0.657 bits per heavy atom. The van der Waals surface area contributed by atoms with Crippen LogP contribution in [0.1, 0.15) is 139 Å². The molecule has 35 heavy (non-hydrogen) atoms. The normalized spacial score (nSPS) is 35.9. The summed E-state index contributed by atoms with van der Waals surface area (Å²) in [4.78, 5) is 13.3. The highest BCUT2D eigenvalue weighted by Gasteiger charge is 2.78. The van der Waals surface area contributed by atoms with Gasteiger partial charge in [-0.3, -0.25) is 4.79 Å². The number of hydrogen-bond acceptors (Lipinski definition) is 5.